The van der Waals surface area contributed by atoms with E-state index in [-0.39, 0.29) is 11.8 Å². The number of hydrogen-bond donors (Lipinski definition) is 1. The Labute approximate surface area is 158 Å². The minimum Gasteiger partial charge on any atom is -0.468 e. The number of methoxy groups -OCH3 is 2. The first kappa shape index (κ1) is 17.7. The van der Waals surface area contributed by atoms with E-state index < -0.39 is 0 Å². The topological polar surface area (TPSA) is 97.3 Å². The molecule has 0 radical (unpaired) electrons. The van der Waals surface area contributed by atoms with E-state index in [1.165, 1.54) is 3.57 Å². The van der Waals surface area contributed by atoms with E-state index in [1.807, 2.05) is 28.8 Å². The summed E-state index contributed by atoms with van der Waals surface area (Å²) in [5.74, 6) is 0.247. The Balaban J connectivity index is 2.00. The molecule has 25 heavy (non-hydrogen) atoms. The van der Waals surface area contributed by atoms with Gasteiger partial charge in [-0.15, -0.1) is 0 Å². The van der Waals surface area contributed by atoms with Crippen molar-refractivity contribution >= 4 is 39.6 Å². The summed E-state index contributed by atoms with van der Waals surface area (Å²) in [6.45, 7) is 1.32. The maximum absolute atomic E-state index is 6.02. The molecule has 0 aliphatic rings. The molecule has 8 nitrogen and oxygen atoms in total. The highest BCUT2D eigenvalue weighted by molar-refractivity contribution is 14.1. The highest BCUT2D eigenvalue weighted by atomic mass is 127. The lowest BCUT2D eigenvalue weighted by molar-refractivity contribution is 0.141. The highest BCUT2D eigenvalue weighted by Gasteiger charge is 2.18. The SMILES string of the molecule is COCCOc1nc(N)c2nc(OC)n(Cc3ccc(I)cc3)c2n1. The number of hydrogen-bond acceptors (Lipinski definition) is 7. The summed E-state index contributed by atoms with van der Waals surface area (Å²) in [6.07, 6.45) is 0. The van der Waals surface area contributed by atoms with Crippen LogP contribution in [-0.2, 0) is 11.3 Å². The molecule has 2 N–H and O–H groups in total. The minimum absolute atomic E-state index is 0.188. The molecule has 0 fully saturated rings. The van der Waals surface area contributed by atoms with Crippen molar-refractivity contribution in [1.82, 2.24) is 19.5 Å². The number of rotatable bonds is 7. The number of nitrogen functional groups attached to an aromatic ring is 1. The first-order valence-corrected chi connectivity index (χ1v) is 8.64. The van der Waals surface area contributed by atoms with Crippen LogP contribution in [0.1, 0.15) is 5.56 Å². The number of benzene rings is 1. The molecule has 132 valence electrons. The molecule has 0 amide bonds. The fourth-order valence-electron chi connectivity index (χ4n) is 2.33. The standard InChI is InChI=1S/C16H18IN5O3/c1-23-7-8-25-15-20-13(18)12-14(21-15)22(16(19-12)24-2)9-10-3-5-11(17)6-4-10/h3-6H,7-9H2,1-2H3,(H2,18,20,21). The Hall–Kier alpha value is -2.14. The van der Waals surface area contributed by atoms with Crippen molar-refractivity contribution < 1.29 is 14.2 Å². The Bertz CT molecular complexity index is 866. The Morgan fingerprint density at radius 3 is 2.52 bits per heavy atom. The number of imidazole rings is 1. The third-order valence-electron chi connectivity index (χ3n) is 3.52. The molecule has 0 spiro atoms. The lowest BCUT2D eigenvalue weighted by Gasteiger charge is -2.09. The van der Waals surface area contributed by atoms with E-state index in [0.29, 0.717) is 36.9 Å². The van der Waals surface area contributed by atoms with Gasteiger partial charge in [0.2, 0.25) is 0 Å². The van der Waals surface area contributed by atoms with Gasteiger partial charge in [-0.05, 0) is 40.3 Å². The lowest BCUT2D eigenvalue weighted by atomic mass is 10.2. The van der Waals surface area contributed by atoms with Crippen molar-refractivity contribution in [3.8, 4) is 12.0 Å². The molecule has 2 heterocycles. The van der Waals surface area contributed by atoms with Crippen LogP contribution in [0.4, 0.5) is 5.82 Å². The lowest BCUT2D eigenvalue weighted by Crippen LogP contribution is -2.09. The summed E-state index contributed by atoms with van der Waals surface area (Å²) >= 11 is 2.27. The first-order chi connectivity index (χ1) is 12.1. The number of halogens is 1. The second kappa shape index (κ2) is 7.83. The zero-order valence-corrected chi connectivity index (χ0v) is 16.1. The van der Waals surface area contributed by atoms with Gasteiger partial charge in [0.1, 0.15) is 6.61 Å². The van der Waals surface area contributed by atoms with Gasteiger partial charge in [0.05, 0.1) is 20.3 Å². The third kappa shape index (κ3) is 3.93. The van der Waals surface area contributed by atoms with Crippen molar-refractivity contribution in [3.05, 3.63) is 33.4 Å². The molecule has 0 saturated carbocycles. The molecule has 1 aromatic carbocycles. The van der Waals surface area contributed by atoms with Crippen LogP contribution in [0.5, 0.6) is 12.0 Å². The number of ether oxygens (including phenoxy) is 3. The highest BCUT2D eigenvalue weighted by Crippen LogP contribution is 2.26. The van der Waals surface area contributed by atoms with Gasteiger partial charge in [0.25, 0.3) is 6.01 Å². The van der Waals surface area contributed by atoms with Gasteiger partial charge in [-0.25, -0.2) is 0 Å². The molecule has 0 bridgehead atoms. The van der Waals surface area contributed by atoms with Gasteiger partial charge in [-0.1, -0.05) is 12.1 Å². The van der Waals surface area contributed by atoms with Crippen molar-refractivity contribution in [2.24, 2.45) is 0 Å². The predicted octanol–water partition coefficient (Wildman–Crippen LogP) is 2.10. The molecule has 0 unspecified atom stereocenters. The van der Waals surface area contributed by atoms with E-state index in [9.17, 15) is 0 Å². The molecule has 0 saturated heterocycles. The number of aromatic nitrogens is 4. The van der Waals surface area contributed by atoms with E-state index in [4.69, 9.17) is 19.9 Å². The Morgan fingerprint density at radius 1 is 1.08 bits per heavy atom. The maximum atomic E-state index is 6.02. The monoisotopic (exact) mass is 455 g/mol. The van der Waals surface area contributed by atoms with Crippen LogP contribution in [0.15, 0.2) is 24.3 Å². The van der Waals surface area contributed by atoms with Gasteiger partial charge >= 0.3 is 6.01 Å². The van der Waals surface area contributed by atoms with Crippen LogP contribution < -0.4 is 15.2 Å². The molecule has 3 aromatic rings. The van der Waals surface area contributed by atoms with Crippen molar-refractivity contribution in [2.45, 2.75) is 6.54 Å². The van der Waals surface area contributed by atoms with Crippen molar-refractivity contribution in [2.75, 3.05) is 33.2 Å². The third-order valence-corrected chi connectivity index (χ3v) is 4.24. The number of anilines is 1. The minimum atomic E-state index is 0.188. The smallest absolute Gasteiger partial charge is 0.320 e. The van der Waals surface area contributed by atoms with E-state index in [2.05, 4.69) is 37.5 Å². The summed E-state index contributed by atoms with van der Waals surface area (Å²) in [4.78, 5) is 13.0. The van der Waals surface area contributed by atoms with Gasteiger partial charge in [0.15, 0.2) is 17.0 Å². The quantitative estimate of drug-likeness (QED) is 0.431. The zero-order valence-electron chi connectivity index (χ0n) is 13.9. The molecule has 0 aliphatic carbocycles. The van der Waals surface area contributed by atoms with E-state index in [0.717, 1.165) is 5.56 Å². The fraction of sp³-hybridized carbons (Fsp3) is 0.312. The molecular formula is C16H18IN5O3. The predicted molar refractivity (Wildman–Crippen MR) is 102 cm³/mol. The largest absolute Gasteiger partial charge is 0.468 e. The van der Waals surface area contributed by atoms with Crippen LogP contribution in [0.25, 0.3) is 11.2 Å². The first-order valence-electron chi connectivity index (χ1n) is 7.56. The van der Waals surface area contributed by atoms with Gasteiger partial charge < -0.3 is 19.9 Å². The van der Waals surface area contributed by atoms with Crippen LogP contribution in [-0.4, -0.2) is 47.0 Å². The average Bonchev–Trinajstić information content (AvgIpc) is 2.95. The zero-order chi connectivity index (χ0) is 17.8. The molecule has 9 heteroatoms. The number of nitrogens with zero attached hydrogens (tertiary/aromatic N) is 4. The van der Waals surface area contributed by atoms with Crippen molar-refractivity contribution in [1.29, 1.82) is 0 Å². The Morgan fingerprint density at radius 2 is 1.84 bits per heavy atom. The Kier molecular flexibility index (Phi) is 5.53. The van der Waals surface area contributed by atoms with Gasteiger partial charge in [0, 0.05) is 10.7 Å². The average molecular weight is 455 g/mol. The summed E-state index contributed by atoms with van der Waals surface area (Å²) in [7, 11) is 3.16. The molecule has 0 atom stereocenters. The second-order valence-corrected chi connectivity index (χ2v) is 6.46. The molecule has 2 aromatic heterocycles. The number of nitrogens with two attached hydrogens (primary N) is 1. The summed E-state index contributed by atoms with van der Waals surface area (Å²) in [6, 6.07) is 8.80. The summed E-state index contributed by atoms with van der Waals surface area (Å²) in [5.41, 5.74) is 8.16. The van der Waals surface area contributed by atoms with E-state index >= 15 is 0 Å². The normalized spacial score (nSPS) is 11.0. The summed E-state index contributed by atoms with van der Waals surface area (Å²) < 4.78 is 18.9. The molecular weight excluding hydrogens is 437 g/mol. The van der Waals surface area contributed by atoms with Crippen LogP contribution >= 0.6 is 22.6 Å². The van der Waals surface area contributed by atoms with Gasteiger partial charge in [-0.3, -0.25) is 4.57 Å². The maximum Gasteiger partial charge on any atom is 0.320 e. The molecule has 3 rings (SSSR count). The second-order valence-electron chi connectivity index (χ2n) is 5.22. The molecule has 0 aliphatic heterocycles. The van der Waals surface area contributed by atoms with Crippen LogP contribution in [0, 0.1) is 3.57 Å². The van der Waals surface area contributed by atoms with Crippen LogP contribution in [0.3, 0.4) is 0 Å². The summed E-state index contributed by atoms with van der Waals surface area (Å²) in [5, 5.41) is 0. The van der Waals surface area contributed by atoms with E-state index in [1.54, 1.807) is 14.2 Å². The van der Waals surface area contributed by atoms with Crippen LogP contribution in [0.2, 0.25) is 0 Å². The van der Waals surface area contributed by atoms with Gasteiger partial charge in [-0.2, -0.15) is 15.0 Å². The number of fused-ring (bicyclic) bond motifs is 1. The van der Waals surface area contributed by atoms with Crippen molar-refractivity contribution in [3.63, 3.8) is 0 Å². The fourth-order valence-corrected chi connectivity index (χ4v) is 2.69.